The zero-order valence-corrected chi connectivity index (χ0v) is 15.2. The van der Waals surface area contributed by atoms with Crippen LogP contribution in [0.5, 0.6) is 0 Å². The number of halogens is 1. The minimum absolute atomic E-state index is 0.0160. The molecule has 0 unspecified atom stereocenters. The molecule has 2 N–H and O–H groups in total. The van der Waals surface area contributed by atoms with E-state index in [1.165, 1.54) is 5.56 Å². The number of hydrogen-bond donors (Lipinski definition) is 1. The fourth-order valence-electron chi connectivity index (χ4n) is 3.17. The molecule has 1 aliphatic rings. The predicted octanol–water partition coefficient (Wildman–Crippen LogP) is 4.02. The van der Waals surface area contributed by atoms with E-state index in [1.54, 1.807) is 17.8 Å². The van der Waals surface area contributed by atoms with E-state index < -0.39 is 0 Å². The zero-order chi connectivity index (χ0) is 17.1. The highest BCUT2D eigenvalue weighted by atomic mass is 35.5. The lowest BCUT2D eigenvalue weighted by Crippen LogP contribution is -2.32. The van der Waals surface area contributed by atoms with Crippen molar-refractivity contribution in [3.8, 4) is 0 Å². The number of amides is 1. The molecule has 1 heterocycles. The average Bonchev–Trinajstić information content (AvgIpc) is 2.98. The normalized spacial score (nSPS) is 20.4. The van der Waals surface area contributed by atoms with Gasteiger partial charge in [-0.3, -0.25) is 4.79 Å². The Morgan fingerprint density at radius 3 is 2.71 bits per heavy atom. The van der Waals surface area contributed by atoms with Crippen LogP contribution in [0.4, 0.5) is 0 Å². The molecular weight excluding hydrogens is 340 g/mol. The van der Waals surface area contributed by atoms with Gasteiger partial charge in [0.05, 0.1) is 5.56 Å². The standard InChI is InChI=1S/C19H21ClN2OS/c1-2-24-18-9-8-14(20)10-15(18)19(23)22-11-16(17(21)12-22)13-6-4-3-5-7-13/h3-10,16-17H,2,11-12,21H2,1H3/t16-,17+/m0/s1. The summed E-state index contributed by atoms with van der Waals surface area (Å²) in [6, 6.07) is 15.7. The Kier molecular flexibility index (Phi) is 5.49. The number of hydrogen-bond acceptors (Lipinski definition) is 3. The van der Waals surface area contributed by atoms with Crippen molar-refractivity contribution < 1.29 is 4.79 Å². The summed E-state index contributed by atoms with van der Waals surface area (Å²) < 4.78 is 0. The molecule has 0 saturated carbocycles. The minimum atomic E-state index is -0.0437. The Bertz CT molecular complexity index is 723. The van der Waals surface area contributed by atoms with Crippen molar-refractivity contribution in [1.29, 1.82) is 0 Å². The van der Waals surface area contributed by atoms with Crippen molar-refractivity contribution in [3.63, 3.8) is 0 Å². The number of nitrogens with two attached hydrogens (primary N) is 1. The Labute approximate surface area is 152 Å². The first-order valence-corrected chi connectivity index (χ1v) is 9.48. The summed E-state index contributed by atoms with van der Waals surface area (Å²) in [5.74, 6) is 1.10. The summed E-state index contributed by atoms with van der Waals surface area (Å²) in [5, 5.41) is 0.585. The number of rotatable bonds is 4. The second-order valence-electron chi connectivity index (χ2n) is 5.96. The molecule has 0 aliphatic carbocycles. The van der Waals surface area contributed by atoms with Crippen molar-refractivity contribution in [2.24, 2.45) is 5.73 Å². The van der Waals surface area contributed by atoms with Crippen LogP contribution in [-0.2, 0) is 0 Å². The van der Waals surface area contributed by atoms with E-state index in [-0.39, 0.29) is 17.9 Å². The van der Waals surface area contributed by atoms with E-state index in [0.717, 1.165) is 10.6 Å². The first kappa shape index (κ1) is 17.3. The SMILES string of the molecule is CCSc1ccc(Cl)cc1C(=O)N1C[C@@H](N)[C@H](c2ccccc2)C1. The summed E-state index contributed by atoms with van der Waals surface area (Å²) in [4.78, 5) is 15.8. The third kappa shape index (κ3) is 3.61. The largest absolute Gasteiger partial charge is 0.336 e. The molecule has 2 atom stereocenters. The van der Waals surface area contributed by atoms with E-state index in [9.17, 15) is 4.79 Å². The number of carbonyl (C=O) groups is 1. The van der Waals surface area contributed by atoms with Gasteiger partial charge >= 0.3 is 0 Å². The third-order valence-electron chi connectivity index (χ3n) is 4.35. The van der Waals surface area contributed by atoms with Gasteiger partial charge in [0, 0.05) is 35.0 Å². The van der Waals surface area contributed by atoms with E-state index in [0.29, 0.717) is 23.7 Å². The van der Waals surface area contributed by atoms with Crippen LogP contribution < -0.4 is 5.73 Å². The summed E-state index contributed by atoms with van der Waals surface area (Å²) >= 11 is 7.77. The predicted molar refractivity (Wildman–Crippen MR) is 101 cm³/mol. The van der Waals surface area contributed by atoms with Crippen LogP contribution in [0.25, 0.3) is 0 Å². The van der Waals surface area contributed by atoms with Gasteiger partial charge in [0.1, 0.15) is 0 Å². The molecule has 0 radical (unpaired) electrons. The van der Waals surface area contributed by atoms with Crippen molar-refractivity contribution in [3.05, 3.63) is 64.7 Å². The van der Waals surface area contributed by atoms with Crippen LogP contribution in [0.1, 0.15) is 28.8 Å². The molecular formula is C19H21ClN2OS. The highest BCUT2D eigenvalue weighted by Crippen LogP contribution is 2.31. The van der Waals surface area contributed by atoms with Crippen LogP contribution in [0.2, 0.25) is 5.02 Å². The van der Waals surface area contributed by atoms with E-state index >= 15 is 0 Å². The molecule has 2 aromatic carbocycles. The van der Waals surface area contributed by atoms with Crippen LogP contribution >= 0.6 is 23.4 Å². The molecule has 0 spiro atoms. The van der Waals surface area contributed by atoms with Gasteiger partial charge in [-0.05, 0) is 29.5 Å². The van der Waals surface area contributed by atoms with Gasteiger partial charge in [0.25, 0.3) is 5.91 Å². The van der Waals surface area contributed by atoms with Gasteiger partial charge in [-0.2, -0.15) is 0 Å². The van der Waals surface area contributed by atoms with Crippen LogP contribution in [0.15, 0.2) is 53.4 Å². The number of benzene rings is 2. The lowest BCUT2D eigenvalue weighted by atomic mass is 9.95. The lowest BCUT2D eigenvalue weighted by molar-refractivity contribution is 0.0785. The van der Waals surface area contributed by atoms with Gasteiger partial charge < -0.3 is 10.6 Å². The molecule has 1 aliphatic heterocycles. The first-order chi connectivity index (χ1) is 11.6. The lowest BCUT2D eigenvalue weighted by Gasteiger charge is -2.18. The van der Waals surface area contributed by atoms with Crippen molar-refractivity contribution in [2.75, 3.05) is 18.8 Å². The van der Waals surface area contributed by atoms with Gasteiger partial charge in [0.2, 0.25) is 0 Å². The second-order valence-corrected chi connectivity index (χ2v) is 7.71. The molecule has 0 aromatic heterocycles. The van der Waals surface area contributed by atoms with Crippen LogP contribution in [0.3, 0.4) is 0 Å². The molecule has 2 aromatic rings. The zero-order valence-electron chi connectivity index (χ0n) is 13.6. The summed E-state index contributed by atoms with van der Waals surface area (Å²) in [6.45, 7) is 3.29. The molecule has 126 valence electrons. The fraction of sp³-hybridized carbons (Fsp3) is 0.316. The second kappa shape index (κ2) is 7.60. The highest BCUT2D eigenvalue weighted by molar-refractivity contribution is 7.99. The quantitative estimate of drug-likeness (QED) is 0.837. The molecule has 0 bridgehead atoms. The third-order valence-corrected chi connectivity index (χ3v) is 5.54. The Morgan fingerprint density at radius 1 is 1.25 bits per heavy atom. The van der Waals surface area contributed by atoms with Crippen LogP contribution in [-0.4, -0.2) is 35.7 Å². The number of thioether (sulfide) groups is 1. The molecule has 1 saturated heterocycles. The Balaban J connectivity index is 1.83. The molecule has 1 fully saturated rings. The monoisotopic (exact) mass is 360 g/mol. The van der Waals surface area contributed by atoms with Gasteiger partial charge in [-0.15, -0.1) is 11.8 Å². The summed E-state index contributed by atoms with van der Waals surface area (Å²) in [7, 11) is 0. The van der Waals surface area contributed by atoms with Crippen molar-refractivity contribution >= 4 is 29.3 Å². The number of likely N-dealkylation sites (tertiary alicyclic amines) is 1. The van der Waals surface area contributed by atoms with Gasteiger partial charge in [-0.1, -0.05) is 48.9 Å². The molecule has 5 heteroatoms. The van der Waals surface area contributed by atoms with E-state index in [4.69, 9.17) is 17.3 Å². The summed E-state index contributed by atoms with van der Waals surface area (Å²) in [5.41, 5.74) is 8.18. The summed E-state index contributed by atoms with van der Waals surface area (Å²) in [6.07, 6.45) is 0. The highest BCUT2D eigenvalue weighted by Gasteiger charge is 2.34. The minimum Gasteiger partial charge on any atom is -0.336 e. The Morgan fingerprint density at radius 2 is 2.00 bits per heavy atom. The van der Waals surface area contributed by atoms with E-state index in [1.807, 2.05) is 35.2 Å². The van der Waals surface area contributed by atoms with Crippen molar-refractivity contribution in [1.82, 2.24) is 4.90 Å². The van der Waals surface area contributed by atoms with Gasteiger partial charge in [0.15, 0.2) is 0 Å². The van der Waals surface area contributed by atoms with E-state index in [2.05, 4.69) is 19.1 Å². The van der Waals surface area contributed by atoms with Crippen molar-refractivity contribution in [2.45, 2.75) is 23.8 Å². The fourth-order valence-corrected chi connectivity index (χ4v) is 4.12. The Hall–Kier alpha value is -1.49. The maximum absolute atomic E-state index is 13.0. The molecule has 3 rings (SSSR count). The van der Waals surface area contributed by atoms with Crippen LogP contribution in [0, 0.1) is 0 Å². The number of carbonyl (C=O) groups excluding carboxylic acids is 1. The molecule has 24 heavy (non-hydrogen) atoms. The molecule has 3 nitrogen and oxygen atoms in total. The molecule has 1 amide bonds. The topological polar surface area (TPSA) is 46.3 Å². The smallest absolute Gasteiger partial charge is 0.255 e. The maximum atomic E-state index is 13.0. The average molecular weight is 361 g/mol. The first-order valence-electron chi connectivity index (χ1n) is 8.12. The van der Waals surface area contributed by atoms with Gasteiger partial charge in [-0.25, -0.2) is 0 Å². The number of nitrogens with zero attached hydrogens (tertiary/aromatic N) is 1. The maximum Gasteiger partial charge on any atom is 0.255 e.